The van der Waals surface area contributed by atoms with Crippen molar-refractivity contribution in [1.82, 2.24) is 20.4 Å². The second kappa shape index (κ2) is 6.74. The highest BCUT2D eigenvalue weighted by molar-refractivity contribution is 5.05. The summed E-state index contributed by atoms with van der Waals surface area (Å²) in [4.78, 5) is 0. The Bertz CT molecular complexity index is 437. The summed E-state index contributed by atoms with van der Waals surface area (Å²) in [6.07, 6.45) is -0.164. The predicted molar refractivity (Wildman–Crippen MR) is 71.9 cm³/mol. The first-order chi connectivity index (χ1) is 9.97. The average molecular weight is 305 g/mol. The van der Waals surface area contributed by atoms with Gasteiger partial charge in [0.1, 0.15) is 0 Å². The van der Waals surface area contributed by atoms with Crippen LogP contribution in [-0.2, 0) is 6.54 Å². The number of nitrogens with zero attached hydrogens (tertiary/aromatic N) is 3. The normalized spacial score (nSPS) is 25.0. The minimum Gasteiger partial charge on any atom is -0.271 e. The number of nitrogens with one attached hydrogen (secondary N) is 1. The third kappa shape index (κ3) is 3.74. The Hall–Kier alpha value is -1.15. The summed E-state index contributed by atoms with van der Waals surface area (Å²) in [5.41, 5.74) is 3.60. The summed E-state index contributed by atoms with van der Waals surface area (Å²) in [6.45, 7) is 2.76. The molecule has 0 bridgehead atoms. The van der Waals surface area contributed by atoms with Gasteiger partial charge in [-0.25, -0.2) is 4.68 Å². The summed E-state index contributed by atoms with van der Waals surface area (Å²) in [6, 6.07) is -0.194. The maximum atomic E-state index is 12.7. The van der Waals surface area contributed by atoms with E-state index >= 15 is 0 Å². The quantitative estimate of drug-likeness (QED) is 0.648. The van der Waals surface area contributed by atoms with Crippen LogP contribution in [0.1, 0.15) is 50.8 Å². The van der Waals surface area contributed by atoms with Gasteiger partial charge >= 0.3 is 6.18 Å². The molecule has 0 spiro atoms. The number of hydrogen-bond donors (Lipinski definition) is 2. The Labute approximate surface area is 122 Å². The van der Waals surface area contributed by atoms with Gasteiger partial charge in [-0.2, -0.15) is 13.2 Å². The Morgan fingerprint density at radius 2 is 2.05 bits per heavy atom. The van der Waals surface area contributed by atoms with Crippen molar-refractivity contribution in [3.05, 3.63) is 11.9 Å². The van der Waals surface area contributed by atoms with E-state index in [9.17, 15) is 13.2 Å². The summed E-state index contributed by atoms with van der Waals surface area (Å²) in [5, 5.41) is 7.91. The van der Waals surface area contributed by atoms with E-state index in [-0.39, 0.29) is 24.8 Å². The molecular weight excluding hydrogens is 283 g/mol. The SMILES string of the molecule is CCCn1nncc1C(NN)C1CCC(C(F)(F)F)CC1. The van der Waals surface area contributed by atoms with Gasteiger partial charge < -0.3 is 0 Å². The molecule has 120 valence electrons. The lowest BCUT2D eigenvalue weighted by Gasteiger charge is -2.34. The van der Waals surface area contributed by atoms with Crippen molar-refractivity contribution in [3.8, 4) is 0 Å². The lowest BCUT2D eigenvalue weighted by atomic mass is 9.77. The van der Waals surface area contributed by atoms with Crippen molar-refractivity contribution in [2.75, 3.05) is 0 Å². The number of rotatable bonds is 5. The molecule has 0 radical (unpaired) electrons. The van der Waals surface area contributed by atoms with Crippen molar-refractivity contribution < 1.29 is 13.2 Å². The molecule has 0 aromatic carbocycles. The van der Waals surface area contributed by atoms with E-state index in [4.69, 9.17) is 5.84 Å². The van der Waals surface area contributed by atoms with Crippen LogP contribution < -0.4 is 11.3 Å². The van der Waals surface area contributed by atoms with Gasteiger partial charge in [-0.15, -0.1) is 5.10 Å². The van der Waals surface area contributed by atoms with E-state index in [0.29, 0.717) is 12.8 Å². The van der Waals surface area contributed by atoms with E-state index in [1.54, 1.807) is 10.9 Å². The lowest BCUT2D eigenvalue weighted by Crippen LogP contribution is -2.38. The Morgan fingerprint density at radius 3 is 2.57 bits per heavy atom. The summed E-state index contributed by atoms with van der Waals surface area (Å²) in [5.74, 6) is 4.55. The number of hydrazine groups is 1. The van der Waals surface area contributed by atoms with Crippen LogP contribution in [0.15, 0.2) is 6.20 Å². The fourth-order valence-electron chi connectivity index (χ4n) is 3.13. The fraction of sp³-hybridized carbons (Fsp3) is 0.846. The van der Waals surface area contributed by atoms with Gasteiger partial charge in [-0.05, 0) is 38.0 Å². The molecule has 0 saturated heterocycles. The van der Waals surface area contributed by atoms with Crippen molar-refractivity contribution in [2.24, 2.45) is 17.7 Å². The number of aryl methyl sites for hydroxylation is 1. The minimum absolute atomic E-state index is 0.0858. The molecule has 1 unspecified atom stereocenters. The first-order valence-electron chi connectivity index (χ1n) is 7.38. The maximum Gasteiger partial charge on any atom is 0.391 e. The van der Waals surface area contributed by atoms with Gasteiger partial charge in [-0.3, -0.25) is 11.3 Å². The van der Waals surface area contributed by atoms with Gasteiger partial charge in [0.15, 0.2) is 0 Å². The zero-order valence-corrected chi connectivity index (χ0v) is 12.1. The standard InChI is InChI=1S/C13H22F3N5/c1-2-7-21-11(8-18-20-21)12(19-17)9-3-5-10(6-4-9)13(14,15)16/h8-10,12,19H,2-7,17H2,1H3. The van der Waals surface area contributed by atoms with Crippen molar-refractivity contribution in [2.45, 2.75) is 57.8 Å². The van der Waals surface area contributed by atoms with Gasteiger partial charge in [-0.1, -0.05) is 12.1 Å². The second-order valence-corrected chi connectivity index (χ2v) is 5.68. The molecule has 8 heteroatoms. The first-order valence-corrected chi connectivity index (χ1v) is 7.38. The minimum atomic E-state index is -4.08. The van der Waals surface area contributed by atoms with Crippen LogP contribution in [0.5, 0.6) is 0 Å². The lowest BCUT2D eigenvalue weighted by molar-refractivity contribution is -0.184. The zero-order chi connectivity index (χ0) is 15.5. The van der Waals surface area contributed by atoms with Crippen LogP contribution >= 0.6 is 0 Å². The number of hydrogen-bond acceptors (Lipinski definition) is 4. The van der Waals surface area contributed by atoms with E-state index < -0.39 is 12.1 Å². The second-order valence-electron chi connectivity index (χ2n) is 5.68. The molecule has 1 aromatic rings. The van der Waals surface area contributed by atoms with E-state index in [0.717, 1.165) is 18.7 Å². The maximum absolute atomic E-state index is 12.7. The van der Waals surface area contributed by atoms with Gasteiger partial charge in [0.05, 0.1) is 23.9 Å². The molecule has 1 heterocycles. The number of halogens is 3. The Balaban J connectivity index is 2.04. The number of alkyl halides is 3. The molecule has 1 fully saturated rings. The van der Waals surface area contributed by atoms with Crippen molar-refractivity contribution in [3.63, 3.8) is 0 Å². The molecule has 0 aliphatic heterocycles. The van der Waals surface area contributed by atoms with E-state index in [1.807, 2.05) is 6.92 Å². The number of aromatic nitrogens is 3. The molecular formula is C13H22F3N5. The van der Waals surface area contributed by atoms with Gasteiger partial charge in [0, 0.05) is 6.54 Å². The molecule has 1 aliphatic carbocycles. The summed E-state index contributed by atoms with van der Waals surface area (Å²) >= 11 is 0. The average Bonchev–Trinajstić information content (AvgIpc) is 2.88. The highest BCUT2D eigenvalue weighted by Gasteiger charge is 2.42. The molecule has 2 rings (SSSR count). The van der Waals surface area contributed by atoms with Gasteiger partial charge in [0.25, 0.3) is 0 Å². The highest BCUT2D eigenvalue weighted by Crippen LogP contribution is 2.42. The molecule has 1 aliphatic rings. The Kier molecular flexibility index (Phi) is 5.21. The summed E-state index contributed by atoms with van der Waals surface area (Å²) in [7, 11) is 0. The van der Waals surface area contributed by atoms with Gasteiger partial charge in [0.2, 0.25) is 0 Å². The third-order valence-corrected chi connectivity index (χ3v) is 4.29. The molecule has 1 aromatic heterocycles. The smallest absolute Gasteiger partial charge is 0.271 e. The highest BCUT2D eigenvalue weighted by atomic mass is 19.4. The third-order valence-electron chi connectivity index (χ3n) is 4.29. The molecule has 21 heavy (non-hydrogen) atoms. The molecule has 0 amide bonds. The predicted octanol–water partition coefficient (Wildman–Crippen LogP) is 2.56. The van der Waals surface area contributed by atoms with Crippen LogP contribution in [0.4, 0.5) is 13.2 Å². The number of nitrogens with two attached hydrogens (primary N) is 1. The molecule has 5 nitrogen and oxygen atoms in total. The van der Waals surface area contributed by atoms with Crippen LogP contribution in [0.2, 0.25) is 0 Å². The van der Waals surface area contributed by atoms with E-state index in [1.165, 1.54) is 0 Å². The molecule has 3 N–H and O–H groups in total. The topological polar surface area (TPSA) is 68.8 Å². The van der Waals surface area contributed by atoms with Crippen LogP contribution in [0.25, 0.3) is 0 Å². The van der Waals surface area contributed by atoms with Crippen LogP contribution in [-0.4, -0.2) is 21.2 Å². The first kappa shape index (κ1) is 16.2. The van der Waals surface area contributed by atoms with E-state index in [2.05, 4.69) is 15.7 Å². The van der Waals surface area contributed by atoms with Crippen LogP contribution in [0, 0.1) is 11.8 Å². The van der Waals surface area contributed by atoms with Crippen molar-refractivity contribution >= 4 is 0 Å². The van der Waals surface area contributed by atoms with Crippen LogP contribution in [0.3, 0.4) is 0 Å². The fourth-order valence-corrected chi connectivity index (χ4v) is 3.13. The monoisotopic (exact) mass is 305 g/mol. The summed E-state index contributed by atoms with van der Waals surface area (Å²) < 4.78 is 40.0. The largest absolute Gasteiger partial charge is 0.391 e. The molecule has 1 saturated carbocycles. The van der Waals surface area contributed by atoms with Crippen molar-refractivity contribution in [1.29, 1.82) is 0 Å². The Morgan fingerprint density at radius 1 is 1.38 bits per heavy atom. The zero-order valence-electron chi connectivity index (χ0n) is 12.1. The molecule has 1 atom stereocenters.